The molecule has 0 saturated carbocycles. The fraction of sp³-hybridized carbons (Fsp3) is 0.400. The smallest absolute Gasteiger partial charge is 0.426 e. The van der Waals surface area contributed by atoms with Crippen molar-refractivity contribution in [3.63, 3.8) is 0 Å². The van der Waals surface area contributed by atoms with Gasteiger partial charge in [0.15, 0.2) is 5.16 Å². The second-order valence-electron chi connectivity index (χ2n) is 3.56. The van der Waals surface area contributed by atoms with Crippen molar-refractivity contribution < 1.29 is 14.3 Å². The van der Waals surface area contributed by atoms with Gasteiger partial charge in [0, 0.05) is 18.5 Å². The summed E-state index contributed by atoms with van der Waals surface area (Å²) in [5, 5.41) is 0.597. The van der Waals surface area contributed by atoms with Crippen molar-refractivity contribution in [3.8, 4) is 0 Å². The van der Waals surface area contributed by atoms with Gasteiger partial charge in [0.25, 0.3) is 11.5 Å². The number of hydrazine groups is 1. The van der Waals surface area contributed by atoms with Gasteiger partial charge in [0.1, 0.15) is 5.56 Å². The highest BCUT2D eigenvalue weighted by molar-refractivity contribution is 7.99. The molecule has 1 aliphatic heterocycles. The quantitative estimate of drug-likeness (QED) is 0.573. The standard InChI is InChI=1S/C10H12N4O4S/c1-2-18-10(17)13-12-7(15)6-5-11-9-14(8(6)16)3-4-19-9/h5H,2-4H2,1H3,(H,12,15)(H,13,17). The molecule has 0 bridgehead atoms. The van der Waals surface area contributed by atoms with Crippen LogP contribution in [0.1, 0.15) is 17.3 Å². The van der Waals surface area contributed by atoms with Gasteiger partial charge in [0.2, 0.25) is 0 Å². The first-order valence-electron chi connectivity index (χ1n) is 5.59. The van der Waals surface area contributed by atoms with Crippen molar-refractivity contribution in [1.29, 1.82) is 0 Å². The number of thioether (sulfide) groups is 1. The second-order valence-corrected chi connectivity index (χ2v) is 4.62. The SMILES string of the molecule is CCOC(=O)NNC(=O)c1cnc2n(c1=O)CCS2. The molecule has 9 heteroatoms. The van der Waals surface area contributed by atoms with E-state index in [0.29, 0.717) is 11.7 Å². The molecule has 8 nitrogen and oxygen atoms in total. The molecule has 102 valence electrons. The summed E-state index contributed by atoms with van der Waals surface area (Å²) in [7, 11) is 0. The molecule has 0 saturated heterocycles. The number of hydrogen-bond donors (Lipinski definition) is 2. The number of aromatic nitrogens is 2. The van der Waals surface area contributed by atoms with Crippen LogP contribution in [-0.4, -0.2) is 33.9 Å². The van der Waals surface area contributed by atoms with Crippen LogP contribution in [0.4, 0.5) is 4.79 Å². The van der Waals surface area contributed by atoms with Crippen LogP contribution in [-0.2, 0) is 11.3 Å². The van der Waals surface area contributed by atoms with Crippen molar-refractivity contribution in [2.45, 2.75) is 18.6 Å². The molecule has 1 aliphatic rings. The zero-order chi connectivity index (χ0) is 13.8. The Hall–Kier alpha value is -2.03. The summed E-state index contributed by atoms with van der Waals surface area (Å²) in [6.45, 7) is 2.34. The molecule has 0 radical (unpaired) electrons. The Kier molecular flexibility index (Phi) is 4.05. The van der Waals surface area contributed by atoms with Gasteiger partial charge in [-0.25, -0.2) is 15.2 Å². The van der Waals surface area contributed by atoms with E-state index in [2.05, 4.69) is 15.1 Å². The molecule has 0 unspecified atom stereocenters. The highest BCUT2D eigenvalue weighted by Gasteiger charge is 2.20. The number of rotatable bonds is 2. The van der Waals surface area contributed by atoms with Gasteiger partial charge >= 0.3 is 6.09 Å². The average molecular weight is 284 g/mol. The molecular formula is C10H12N4O4S. The zero-order valence-corrected chi connectivity index (χ0v) is 11.0. The highest BCUT2D eigenvalue weighted by Crippen LogP contribution is 2.20. The molecule has 0 aliphatic carbocycles. The highest BCUT2D eigenvalue weighted by atomic mass is 32.2. The number of amides is 2. The van der Waals surface area contributed by atoms with E-state index in [1.54, 1.807) is 6.92 Å². The molecule has 19 heavy (non-hydrogen) atoms. The van der Waals surface area contributed by atoms with Gasteiger partial charge in [0.05, 0.1) is 6.61 Å². The number of nitrogens with zero attached hydrogens (tertiary/aromatic N) is 2. The van der Waals surface area contributed by atoms with Crippen LogP contribution >= 0.6 is 11.8 Å². The Morgan fingerprint density at radius 3 is 3.05 bits per heavy atom. The van der Waals surface area contributed by atoms with E-state index < -0.39 is 17.6 Å². The number of hydrogen-bond acceptors (Lipinski definition) is 6. The average Bonchev–Trinajstić information content (AvgIpc) is 2.86. The molecule has 2 heterocycles. The maximum atomic E-state index is 12.0. The molecule has 1 aromatic rings. The van der Waals surface area contributed by atoms with Crippen LogP contribution in [0.2, 0.25) is 0 Å². The lowest BCUT2D eigenvalue weighted by atomic mass is 10.3. The third-order valence-electron chi connectivity index (χ3n) is 2.35. The third-order valence-corrected chi connectivity index (χ3v) is 3.33. The summed E-state index contributed by atoms with van der Waals surface area (Å²) in [6, 6.07) is 0. The van der Waals surface area contributed by atoms with Gasteiger partial charge in [-0.2, -0.15) is 0 Å². The number of carbonyl (C=O) groups is 2. The lowest BCUT2D eigenvalue weighted by Gasteiger charge is -2.07. The van der Waals surface area contributed by atoms with E-state index in [1.165, 1.54) is 22.5 Å². The summed E-state index contributed by atoms with van der Waals surface area (Å²) in [6.07, 6.45) is 0.412. The number of nitrogens with one attached hydrogen (secondary N) is 2. The Labute approximate surface area is 112 Å². The summed E-state index contributed by atoms with van der Waals surface area (Å²) < 4.78 is 6.00. The molecule has 0 fully saturated rings. The van der Waals surface area contributed by atoms with Gasteiger partial charge in [-0.3, -0.25) is 19.6 Å². The molecule has 0 aromatic carbocycles. The van der Waals surface area contributed by atoms with Gasteiger partial charge in [-0.05, 0) is 6.92 Å². The molecule has 1 aromatic heterocycles. The first-order valence-corrected chi connectivity index (χ1v) is 6.57. The fourth-order valence-corrected chi connectivity index (χ4v) is 2.43. The van der Waals surface area contributed by atoms with E-state index in [9.17, 15) is 14.4 Å². The topological polar surface area (TPSA) is 102 Å². The Bertz CT molecular complexity index is 571. The third kappa shape index (κ3) is 2.87. The number of carbonyl (C=O) groups excluding carboxylic acids is 2. The van der Waals surface area contributed by atoms with E-state index in [0.717, 1.165) is 5.75 Å². The predicted octanol–water partition coefficient (Wildman–Crippen LogP) is -0.260. The lowest BCUT2D eigenvalue weighted by Crippen LogP contribution is -2.44. The van der Waals surface area contributed by atoms with Crippen LogP contribution in [0.15, 0.2) is 16.1 Å². The first kappa shape index (κ1) is 13.4. The molecule has 2 N–H and O–H groups in total. The normalized spacial score (nSPS) is 12.7. The summed E-state index contributed by atoms with van der Waals surface area (Å²) in [4.78, 5) is 38.7. The van der Waals surface area contributed by atoms with Crippen LogP contribution in [0.3, 0.4) is 0 Å². The lowest BCUT2D eigenvalue weighted by molar-refractivity contribution is 0.0910. The van der Waals surface area contributed by atoms with Crippen LogP contribution < -0.4 is 16.4 Å². The van der Waals surface area contributed by atoms with Crippen molar-refractivity contribution in [2.75, 3.05) is 12.4 Å². The Morgan fingerprint density at radius 2 is 2.32 bits per heavy atom. The minimum Gasteiger partial charge on any atom is -0.449 e. The number of fused-ring (bicyclic) bond motifs is 1. The second kappa shape index (κ2) is 5.74. The van der Waals surface area contributed by atoms with Gasteiger partial charge < -0.3 is 4.74 Å². The fourth-order valence-electron chi connectivity index (χ4n) is 1.52. The molecule has 2 amide bonds. The summed E-state index contributed by atoms with van der Waals surface area (Å²) in [5.74, 6) is 0.0340. The summed E-state index contributed by atoms with van der Waals surface area (Å²) in [5.41, 5.74) is 3.59. The number of ether oxygens (including phenoxy) is 1. The minimum atomic E-state index is -0.791. The minimum absolute atomic E-state index is 0.122. The maximum absolute atomic E-state index is 12.0. The zero-order valence-electron chi connectivity index (χ0n) is 10.1. The van der Waals surface area contributed by atoms with E-state index in [4.69, 9.17) is 0 Å². The van der Waals surface area contributed by atoms with Gasteiger partial charge in [-0.1, -0.05) is 11.8 Å². The van der Waals surface area contributed by atoms with Crippen molar-refractivity contribution in [3.05, 3.63) is 22.1 Å². The Morgan fingerprint density at radius 1 is 1.53 bits per heavy atom. The molecule has 0 spiro atoms. The monoisotopic (exact) mass is 284 g/mol. The van der Waals surface area contributed by atoms with Gasteiger partial charge in [-0.15, -0.1) is 0 Å². The van der Waals surface area contributed by atoms with Crippen molar-refractivity contribution >= 4 is 23.8 Å². The molecule has 0 atom stereocenters. The van der Waals surface area contributed by atoms with E-state index in [-0.39, 0.29) is 12.2 Å². The maximum Gasteiger partial charge on any atom is 0.426 e. The molecule has 2 rings (SSSR count). The predicted molar refractivity (Wildman–Crippen MR) is 66.8 cm³/mol. The van der Waals surface area contributed by atoms with Crippen LogP contribution in [0.25, 0.3) is 0 Å². The largest absolute Gasteiger partial charge is 0.449 e. The van der Waals surface area contributed by atoms with Crippen molar-refractivity contribution in [2.24, 2.45) is 0 Å². The Balaban J connectivity index is 2.08. The van der Waals surface area contributed by atoms with Crippen molar-refractivity contribution in [1.82, 2.24) is 20.4 Å². The van der Waals surface area contributed by atoms with Crippen LogP contribution in [0.5, 0.6) is 0 Å². The van der Waals surface area contributed by atoms with E-state index in [1.807, 2.05) is 5.43 Å². The van der Waals surface area contributed by atoms with Crippen LogP contribution in [0, 0.1) is 0 Å². The summed E-state index contributed by atoms with van der Waals surface area (Å²) >= 11 is 1.46. The van der Waals surface area contributed by atoms with E-state index >= 15 is 0 Å². The molecular weight excluding hydrogens is 272 g/mol. The first-order chi connectivity index (χ1) is 9.13.